The second-order valence-corrected chi connectivity index (χ2v) is 8.43. The van der Waals surface area contributed by atoms with Gasteiger partial charge in [-0.2, -0.15) is 4.98 Å². The van der Waals surface area contributed by atoms with Gasteiger partial charge in [-0.25, -0.2) is 4.98 Å². The van der Waals surface area contributed by atoms with Gasteiger partial charge in [0.1, 0.15) is 5.82 Å². The van der Waals surface area contributed by atoms with Crippen LogP contribution in [-0.2, 0) is 6.54 Å². The fraction of sp³-hybridized carbons (Fsp3) is 0.545. The van der Waals surface area contributed by atoms with Crippen LogP contribution in [0.15, 0.2) is 30.5 Å². The fourth-order valence-corrected chi connectivity index (χ4v) is 4.74. The number of aromatic nitrogens is 2. The largest absolute Gasteiger partial charge is 0.393 e. The molecule has 1 aromatic heterocycles. The van der Waals surface area contributed by atoms with E-state index in [9.17, 15) is 5.11 Å². The maximum atomic E-state index is 9.70. The summed E-state index contributed by atoms with van der Waals surface area (Å²) in [4.78, 5) is 14.2. The lowest BCUT2D eigenvalue weighted by Crippen LogP contribution is -2.45. The summed E-state index contributed by atoms with van der Waals surface area (Å²) < 4.78 is 0. The summed E-state index contributed by atoms with van der Waals surface area (Å²) in [6.45, 7) is 3.52. The van der Waals surface area contributed by atoms with Crippen LogP contribution in [-0.4, -0.2) is 47.0 Å². The van der Waals surface area contributed by atoms with Gasteiger partial charge in [0.15, 0.2) is 0 Å². The lowest BCUT2D eigenvalue weighted by atomic mass is 10.1. The number of aliphatic hydroxyl groups excluding tert-OH is 1. The van der Waals surface area contributed by atoms with Crippen molar-refractivity contribution in [3.8, 4) is 0 Å². The Balaban J connectivity index is 1.30. The van der Waals surface area contributed by atoms with Gasteiger partial charge in [-0.15, -0.1) is 0 Å². The van der Waals surface area contributed by atoms with Crippen molar-refractivity contribution in [2.75, 3.05) is 34.9 Å². The lowest BCUT2D eigenvalue weighted by molar-refractivity contribution is 0.145. The molecule has 2 aliphatic heterocycles. The van der Waals surface area contributed by atoms with Gasteiger partial charge in [-0.05, 0) is 49.9 Å². The highest BCUT2D eigenvalue weighted by atomic mass is 16.3. The van der Waals surface area contributed by atoms with E-state index in [1.807, 2.05) is 6.20 Å². The number of nitrogens with zero attached hydrogens (tertiary/aromatic N) is 4. The summed E-state index contributed by atoms with van der Waals surface area (Å²) in [5.41, 5.74) is 3.37. The number of hydrogen-bond donors (Lipinski definition) is 3. The highest BCUT2D eigenvalue weighted by Crippen LogP contribution is 2.31. The molecule has 154 valence electrons. The second-order valence-electron chi connectivity index (χ2n) is 8.43. The topological polar surface area (TPSA) is 76.5 Å². The average Bonchev–Trinajstić information content (AvgIpc) is 3.29. The maximum Gasteiger partial charge on any atom is 0.229 e. The molecule has 2 fully saturated rings. The highest BCUT2D eigenvalue weighted by molar-refractivity contribution is 5.61. The molecule has 1 aliphatic carbocycles. The van der Waals surface area contributed by atoms with Crippen molar-refractivity contribution in [3.63, 3.8) is 0 Å². The van der Waals surface area contributed by atoms with Crippen LogP contribution >= 0.6 is 0 Å². The van der Waals surface area contributed by atoms with Crippen molar-refractivity contribution >= 4 is 23.1 Å². The van der Waals surface area contributed by atoms with Crippen LogP contribution < -0.4 is 20.4 Å². The number of piperidine rings is 1. The van der Waals surface area contributed by atoms with Gasteiger partial charge in [0.25, 0.3) is 0 Å². The minimum Gasteiger partial charge on any atom is -0.393 e. The molecule has 7 heteroatoms. The Bertz CT molecular complexity index is 828. The first kappa shape index (κ1) is 18.6. The van der Waals surface area contributed by atoms with Gasteiger partial charge in [0, 0.05) is 48.8 Å². The Hall–Kier alpha value is -2.38. The van der Waals surface area contributed by atoms with Crippen LogP contribution in [0.3, 0.4) is 0 Å². The van der Waals surface area contributed by atoms with E-state index in [1.54, 1.807) is 0 Å². The summed E-state index contributed by atoms with van der Waals surface area (Å²) in [5, 5.41) is 16.6. The Labute approximate surface area is 172 Å². The SMILES string of the molecule is OC1CCN(c2ccc(Nc3ncc4c(n3)N(C3CCCC3)CNC4)cc2)CC1. The molecular formula is C22H30N6O. The summed E-state index contributed by atoms with van der Waals surface area (Å²) >= 11 is 0. The molecular weight excluding hydrogens is 364 g/mol. The van der Waals surface area contributed by atoms with Crippen LogP contribution in [0.4, 0.5) is 23.1 Å². The number of benzene rings is 1. The maximum absolute atomic E-state index is 9.70. The van der Waals surface area contributed by atoms with E-state index in [2.05, 4.69) is 49.7 Å². The number of hydrogen-bond acceptors (Lipinski definition) is 7. The monoisotopic (exact) mass is 394 g/mol. The molecule has 0 amide bonds. The first-order chi connectivity index (χ1) is 14.3. The molecule has 29 heavy (non-hydrogen) atoms. The van der Waals surface area contributed by atoms with E-state index >= 15 is 0 Å². The number of nitrogens with one attached hydrogen (secondary N) is 2. The zero-order chi connectivity index (χ0) is 19.6. The quantitative estimate of drug-likeness (QED) is 0.736. The molecule has 3 N–H and O–H groups in total. The van der Waals surface area contributed by atoms with Crippen molar-refractivity contribution in [1.82, 2.24) is 15.3 Å². The third-order valence-electron chi connectivity index (χ3n) is 6.43. The van der Waals surface area contributed by atoms with E-state index in [1.165, 1.54) is 36.9 Å². The van der Waals surface area contributed by atoms with Crippen molar-refractivity contribution in [1.29, 1.82) is 0 Å². The molecule has 1 saturated heterocycles. The van der Waals surface area contributed by atoms with E-state index in [0.29, 0.717) is 12.0 Å². The number of rotatable bonds is 4. The van der Waals surface area contributed by atoms with E-state index in [4.69, 9.17) is 4.98 Å². The fourth-order valence-electron chi connectivity index (χ4n) is 4.74. The standard InChI is InChI=1S/C22H30N6O/c29-20-9-11-27(12-10-20)18-7-5-17(6-8-18)25-22-24-14-16-13-23-15-28(21(16)26-22)19-3-1-2-4-19/h5-8,14,19-20,23,29H,1-4,9-13,15H2,(H,24,25,26). The molecule has 5 rings (SSSR count). The minimum absolute atomic E-state index is 0.146. The van der Waals surface area contributed by atoms with E-state index < -0.39 is 0 Å². The summed E-state index contributed by atoms with van der Waals surface area (Å²) in [6, 6.07) is 9.02. The Morgan fingerprint density at radius 3 is 2.55 bits per heavy atom. The first-order valence-electron chi connectivity index (χ1n) is 10.9. The molecule has 3 heterocycles. The van der Waals surface area contributed by atoms with Gasteiger partial charge >= 0.3 is 0 Å². The zero-order valence-electron chi connectivity index (χ0n) is 16.8. The van der Waals surface area contributed by atoms with Crippen LogP contribution in [0.2, 0.25) is 0 Å². The summed E-state index contributed by atoms with van der Waals surface area (Å²) in [6.07, 6.45) is 8.62. The second kappa shape index (κ2) is 8.16. The van der Waals surface area contributed by atoms with Crippen molar-refractivity contribution in [2.45, 2.75) is 57.2 Å². The van der Waals surface area contributed by atoms with Gasteiger partial charge in [-0.3, -0.25) is 5.32 Å². The zero-order valence-corrected chi connectivity index (χ0v) is 16.8. The lowest BCUT2D eigenvalue weighted by Gasteiger charge is -2.35. The van der Waals surface area contributed by atoms with Crippen molar-refractivity contribution < 1.29 is 5.11 Å². The Morgan fingerprint density at radius 2 is 1.79 bits per heavy atom. The predicted octanol–water partition coefficient (Wildman–Crippen LogP) is 2.99. The molecule has 2 aromatic rings. The van der Waals surface area contributed by atoms with Gasteiger partial charge in [0.2, 0.25) is 5.95 Å². The Kier molecular flexibility index (Phi) is 5.24. The third-order valence-corrected chi connectivity index (χ3v) is 6.43. The highest BCUT2D eigenvalue weighted by Gasteiger charge is 2.28. The molecule has 0 atom stereocenters. The Morgan fingerprint density at radius 1 is 1.03 bits per heavy atom. The molecule has 0 spiro atoms. The van der Waals surface area contributed by atoms with Crippen LogP contribution in [0.25, 0.3) is 0 Å². The number of aliphatic hydroxyl groups is 1. The molecule has 0 unspecified atom stereocenters. The average molecular weight is 395 g/mol. The number of anilines is 4. The third kappa shape index (κ3) is 4.02. The van der Waals surface area contributed by atoms with Crippen molar-refractivity contribution in [3.05, 3.63) is 36.0 Å². The van der Waals surface area contributed by atoms with E-state index in [-0.39, 0.29) is 6.10 Å². The predicted molar refractivity (Wildman–Crippen MR) is 116 cm³/mol. The molecule has 0 bridgehead atoms. The molecule has 1 saturated carbocycles. The molecule has 3 aliphatic rings. The minimum atomic E-state index is -0.146. The van der Waals surface area contributed by atoms with Crippen molar-refractivity contribution in [2.24, 2.45) is 0 Å². The van der Waals surface area contributed by atoms with Gasteiger partial charge < -0.3 is 20.2 Å². The smallest absolute Gasteiger partial charge is 0.229 e. The number of fused-ring (bicyclic) bond motifs is 1. The van der Waals surface area contributed by atoms with E-state index in [0.717, 1.165) is 50.6 Å². The molecule has 7 nitrogen and oxygen atoms in total. The summed E-state index contributed by atoms with van der Waals surface area (Å²) in [5.74, 6) is 1.74. The van der Waals surface area contributed by atoms with Crippen LogP contribution in [0.5, 0.6) is 0 Å². The van der Waals surface area contributed by atoms with Crippen LogP contribution in [0, 0.1) is 0 Å². The first-order valence-corrected chi connectivity index (χ1v) is 10.9. The van der Waals surface area contributed by atoms with Crippen LogP contribution in [0.1, 0.15) is 44.1 Å². The molecule has 1 aromatic carbocycles. The van der Waals surface area contributed by atoms with Gasteiger partial charge in [0.05, 0.1) is 12.8 Å². The summed E-state index contributed by atoms with van der Waals surface area (Å²) in [7, 11) is 0. The normalized spacial score (nSPS) is 20.7. The molecule has 0 radical (unpaired) electrons. The van der Waals surface area contributed by atoms with Gasteiger partial charge in [-0.1, -0.05) is 12.8 Å².